The van der Waals surface area contributed by atoms with Crippen LogP contribution in [0.25, 0.3) is 0 Å². The monoisotopic (exact) mass is 214 g/mol. The van der Waals surface area contributed by atoms with Crippen molar-refractivity contribution in [1.82, 2.24) is 10.6 Å². The van der Waals surface area contributed by atoms with Crippen LogP contribution in [-0.4, -0.2) is 37.2 Å². The summed E-state index contributed by atoms with van der Waals surface area (Å²) in [6, 6.07) is 0.449. The summed E-state index contributed by atoms with van der Waals surface area (Å²) >= 11 is 0. The van der Waals surface area contributed by atoms with E-state index in [-0.39, 0.29) is 11.5 Å². The summed E-state index contributed by atoms with van der Waals surface area (Å²) in [6.07, 6.45) is 2.28. The molecule has 4 nitrogen and oxygen atoms in total. The van der Waals surface area contributed by atoms with Gasteiger partial charge in [0.05, 0.1) is 18.8 Å². The van der Waals surface area contributed by atoms with Crippen LogP contribution in [0.2, 0.25) is 0 Å². The Morgan fingerprint density at radius 1 is 1.40 bits per heavy atom. The van der Waals surface area contributed by atoms with Crippen LogP contribution in [0.4, 0.5) is 0 Å². The highest BCUT2D eigenvalue weighted by Crippen LogP contribution is 2.18. The van der Waals surface area contributed by atoms with Gasteiger partial charge in [-0.05, 0) is 33.6 Å². The average Bonchev–Trinajstić information content (AvgIpc) is 2.85. The molecular formula is C11H22N2O2. The largest absolute Gasteiger partial charge is 0.375 e. The second kappa shape index (κ2) is 5.47. The maximum Gasteiger partial charge on any atom is 0.234 e. The molecule has 0 spiro atoms. The molecule has 15 heavy (non-hydrogen) atoms. The topological polar surface area (TPSA) is 50.4 Å². The van der Waals surface area contributed by atoms with Crippen LogP contribution in [0.1, 0.15) is 33.6 Å². The second-order valence-electron chi connectivity index (χ2n) is 4.98. The predicted molar refractivity (Wildman–Crippen MR) is 59.7 cm³/mol. The highest BCUT2D eigenvalue weighted by Gasteiger charge is 2.22. The number of carbonyl (C=O) groups excluding carboxylic acids is 1. The Labute approximate surface area is 91.8 Å². The predicted octanol–water partition coefficient (Wildman–Crippen LogP) is 0.670. The van der Waals surface area contributed by atoms with Crippen molar-refractivity contribution < 1.29 is 9.53 Å². The summed E-state index contributed by atoms with van der Waals surface area (Å²) in [7, 11) is 0. The van der Waals surface area contributed by atoms with Crippen molar-refractivity contribution in [2.45, 2.75) is 45.3 Å². The molecule has 1 fully saturated rings. The minimum atomic E-state index is -0.0993. The van der Waals surface area contributed by atoms with Gasteiger partial charge < -0.3 is 15.4 Å². The number of amides is 1. The van der Waals surface area contributed by atoms with Gasteiger partial charge in [0.15, 0.2) is 0 Å². The minimum absolute atomic E-state index is 0.0910. The fourth-order valence-electron chi connectivity index (χ4n) is 1.14. The van der Waals surface area contributed by atoms with Crippen LogP contribution in [-0.2, 0) is 9.53 Å². The maximum absolute atomic E-state index is 11.2. The minimum Gasteiger partial charge on any atom is -0.375 e. The summed E-state index contributed by atoms with van der Waals surface area (Å²) < 4.78 is 5.51. The van der Waals surface area contributed by atoms with Crippen molar-refractivity contribution in [2.24, 2.45) is 0 Å². The van der Waals surface area contributed by atoms with E-state index in [0.29, 0.717) is 19.2 Å². The molecule has 0 aromatic carbocycles. The molecule has 4 heteroatoms. The summed E-state index contributed by atoms with van der Waals surface area (Å²) in [4.78, 5) is 11.2. The van der Waals surface area contributed by atoms with E-state index in [9.17, 15) is 4.79 Å². The zero-order valence-electron chi connectivity index (χ0n) is 9.93. The number of rotatable bonds is 6. The SMILES string of the molecule is CC(C)(C)OCCNCC(=O)NC1CC1. The van der Waals surface area contributed by atoms with Crippen LogP contribution < -0.4 is 10.6 Å². The molecule has 1 aliphatic rings. The molecule has 0 atom stereocenters. The lowest BCUT2D eigenvalue weighted by atomic mass is 10.2. The molecule has 1 aliphatic carbocycles. The third-order valence-corrected chi connectivity index (χ3v) is 2.04. The zero-order chi connectivity index (χ0) is 11.3. The number of hydrogen-bond donors (Lipinski definition) is 2. The van der Waals surface area contributed by atoms with Crippen LogP contribution in [0.3, 0.4) is 0 Å². The van der Waals surface area contributed by atoms with Gasteiger partial charge in [-0.2, -0.15) is 0 Å². The van der Waals surface area contributed by atoms with Gasteiger partial charge in [0.2, 0.25) is 5.91 Å². The molecule has 0 aromatic heterocycles. The first-order chi connectivity index (χ1) is 6.97. The van der Waals surface area contributed by atoms with Crippen molar-refractivity contribution >= 4 is 5.91 Å². The van der Waals surface area contributed by atoms with E-state index < -0.39 is 0 Å². The Bertz CT molecular complexity index is 207. The average molecular weight is 214 g/mol. The number of hydrogen-bond acceptors (Lipinski definition) is 3. The maximum atomic E-state index is 11.2. The van der Waals surface area contributed by atoms with Gasteiger partial charge in [0.25, 0.3) is 0 Å². The molecule has 0 bridgehead atoms. The number of carbonyl (C=O) groups is 1. The van der Waals surface area contributed by atoms with Crippen molar-refractivity contribution in [3.63, 3.8) is 0 Å². The summed E-state index contributed by atoms with van der Waals surface area (Å²) in [6.45, 7) is 7.81. The smallest absolute Gasteiger partial charge is 0.234 e. The van der Waals surface area contributed by atoms with Gasteiger partial charge in [-0.1, -0.05) is 0 Å². The van der Waals surface area contributed by atoms with E-state index in [2.05, 4.69) is 10.6 Å². The normalized spacial score (nSPS) is 16.5. The highest BCUT2D eigenvalue weighted by atomic mass is 16.5. The molecule has 0 heterocycles. The molecule has 0 radical (unpaired) electrons. The first kappa shape index (κ1) is 12.5. The molecule has 1 saturated carbocycles. The van der Waals surface area contributed by atoms with Crippen LogP contribution in [0.5, 0.6) is 0 Å². The first-order valence-electron chi connectivity index (χ1n) is 5.61. The van der Waals surface area contributed by atoms with Crippen molar-refractivity contribution in [1.29, 1.82) is 0 Å². The number of ether oxygens (including phenoxy) is 1. The van der Waals surface area contributed by atoms with E-state index in [1.807, 2.05) is 20.8 Å². The fraction of sp³-hybridized carbons (Fsp3) is 0.909. The van der Waals surface area contributed by atoms with Gasteiger partial charge in [0, 0.05) is 12.6 Å². The lowest BCUT2D eigenvalue weighted by molar-refractivity contribution is -0.120. The molecule has 0 aliphatic heterocycles. The molecule has 1 amide bonds. The van der Waals surface area contributed by atoms with E-state index in [0.717, 1.165) is 19.4 Å². The summed E-state index contributed by atoms with van der Waals surface area (Å²) in [5.74, 6) is 0.0910. The Morgan fingerprint density at radius 2 is 2.07 bits per heavy atom. The fourth-order valence-corrected chi connectivity index (χ4v) is 1.14. The molecule has 0 unspecified atom stereocenters. The van der Waals surface area contributed by atoms with Gasteiger partial charge in [0.1, 0.15) is 0 Å². The lowest BCUT2D eigenvalue weighted by Crippen LogP contribution is -2.37. The Kier molecular flexibility index (Phi) is 4.54. The Morgan fingerprint density at radius 3 is 2.60 bits per heavy atom. The molecule has 0 aromatic rings. The highest BCUT2D eigenvalue weighted by molar-refractivity contribution is 5.78. The van der Waals surface area contributed by atoms with Gasteiger partial charge in [-0.3, -0.25) is 4.79 Å². The van der Waals surface area contributed by atoms with E-state index in [1.165, 1.54) is 0 Å². The quantitative estimate of drug-likeness (QED) is 0.639. The van der Waals surface area contributed by atoms with E-state index in [1.54, 1.807) is 0 Å². The molecule has 1 rings (SSSR count). The molecular weight excluding hydrogens is 192 g/mol. The van der Waals surface area contributed by atoms with Crippen molar-refractivity contribution in [3.8, 4) is 0 Å². The van der Waals surface area contributed by atoms with E-state index >= 15 is 0 Å². The zero-order valence-corrected chi connectivity index (χ0v) is 9.93. The molecule has 2 N–H and O–H groups in total. The summed E-state index contributed by atoms with van der Waals surface area (Å²) in [5.41, 5.74) is -0.0993. The van der Waals surface area contributed by atoms with Crippen molar-refractivity contribution in [3.05, 3.63) is 0 Å². The third-order valence-electron chi connectivity index (χ3n) is 2.04. The van der Waals surface area contributed by atoms with Crippen LogP contribution in [0.15, 0.2) is 0 Å². The number of nitrogens with one attached hydrogen (secondary N) is 2. The Hall–Kier alpha value is -0.610. The standard InChI is InChI=1S/C11H22N2O2/c1-11(2,3)15-7-6-12-8-10(14)13-9-4-5-9/h9,12H,4-8H2,1-3H3,(H,13,14). The van der Waals surface area contributed by atoms with Gasteiger partial charge in [-0.25, -0.2) is 0 Å². The Balaban J connectivity index is 1.89. The molecule has 88 valence electrons. The van der Waals surface area contributed by atoms with Crippen LogP contribution in [0, 0.1) is 0 Å². The third kappa shape index (κ3) is 7.33. The first-order valence-corrected chi connectivity index (χ1v) is 5.61. The molecule has 0 saturated heterocycles. The van der Waals surface area contributed by atoms with Gasteiger partial charge in [-0.15, -0.1) is 0 Å². The lowest BCUT2D eigenvalue weighted by Gasteiger charge is -2.19. The van der Waals surface area contributed by atoms with Gasteiger partial charge >= 0.3 is 0 Å². The van der Waals surface area contributed by atoms with E-state index in [4.69, 9.17) is 4.74 Å². The summed E-state index contributed by atoms with van der Waals surface area (Å²) in [5, 5.41) is 5.97. The second-order valence-corrected chi connectivity index (χ2v) is 4.98. The van der Waals surface area contributed by atoms with Crippen molar-refractivity contribution in [2.75, 3.05) is 19.7 Å². The van der Waals surface area contributed by atoms with Crippen LogP contribution >= 0.6 is 0 Å².